The van der Waals surface area contributed by atoms with E-state index in [9.17, 15) is 14.7 Å². The molecule has 172 valence electrons. The number of carbonyl (C=O) groups excluding carboxylic acids is 2. The van der Waals surface area contributed by atoms with Crippen LogP contribution in [0.1, 0.15) is 30.0 Å². The molecule has 0 bridgehead atoms. The number of rotatable bonds is 10. The van der Waals surface area contributed by atoms with E-state index in [1.807, 2.05) is 60.7 Å². The average molecular weight is 448 g/mol. The second kappa shape index (κ2) is 11.7. The van der Waals surface area contributed by atoms with Gasteiger partial charge in [-0.3, -0.25) is 9.59 Å². The maximum absolute atomic E-state index is 13.2. The molecule has 6 nitrogen and oxygen atoms in total. The van der Waals surface area contributed by atoms with Crippen LogP contribution < -0.4 is 4.74 Å². The van der Waals surface area contributed by atoms with Gasteiger partial charge in [0.05, 0.1) is 7.11 Å². The molecule has 3 rings (SSSR count). The Morgan fingerprint density at radius 1 is 0.879 bits per heavy atom. The third-order valence-electron chi connectivity index (χ3n) is 5.26. The summed E-state index contributed by atoms with van der Waals surface area (Å²) < 4.78 is 10.5. The van der Waals surface area contributed by atoms with Gasteiger partial charge >= 0.3 is 5.97 Å². The Bertz CT molecular complexity index is 1010. The van der Waals surface area contributed by atoms with E-state index in [1.54, 1.807) is 30.0 Å². The van der Waals surface area contributed by atoms with E-state index in [1.165, 1.54) is 7.11 Å². The van der Waals surface area contributed by atoms with Gasteiger partial charge in [-0.2, -0.15) is 0 Å². The summed E-state index contributed by atoms with van der Waals surface area (Å²) in [5.41, 5.74) is 2.78. The van der Waals surface area contributed by atoms with Crippen LogP contribution in [-0.4, -0.2) is 35.1 Å². The second-order valence-corrected chi connectivity index (χ2v) is 7.80. The van der Waals surface area contributed by atoms with Crippen LogP contribution in [0.25, 0.3) is 0 Å². The van der Waals surface area contributed by atoms with Gasteiger partial charge in [0.15, 0.2) is 17.6 Å². The lowest BCUT2D eigenvalue weighted by atomic mass is 10.1. The Morgan fingerprint density at radius 3 is 1.97 bits per heavy atom. The summed E-state index contributed by atoms with van der Waals surface area (Å²) >= 11 is 0. The molecule has 0 aliphatic carbocycles. The van der Waals surface area contributed by atoms with E-state index >= 15 is 0 Å². The van der Waals surface area contributed by atoms with Crippen molar-refractivity contribution in [3.05, 3.63) is 95.6 Å². The minimum absolute atomic E-state index is 0.0179. The summed E-state index contributed by atoms with van der Waals surface area (Å²) in [5, 5.41) is 9.89. The van der Waals surface area contributed by atoms with Gasteiger partial charge in [-0.15, -0.1) is 0 Å². The van der Waals surface area contributed by atoms with E-state index in [4.69, 9.17) is 9.47 Å². The molecule has 1 N–H and O–H groups in total. The molecule has 1 unspecified atom stereocenters. The van der Waals surface area contributed by atoms with Gasteiger partial charge in [-0.05, 0) is 42.2 Å². The molecule has 0 fully saturated rings. The number of benzene rings is 3. The molecule has 0 aromatic heterocycles. The maximum Gasteiger partial charge on any atom is 0.306 e. The third-order valence-corrected chi connectivity index (χ3v) is 5.26. The first-order valence-corrected chi connectivity index (χ1v) is 10.9. The summed E-state index contributed by atoms with van der Waals surface area (Å²) in [7, 11) is 1.48. The molecule has 0 radical (unpaired) electrons. The fourth-order valence-electron chi connectivity index (χ4n) is 3.52. The number of methoxy groups -OCH3 is 1. The molecule has 0 spiro atoms. The summed E-state index contributed by atoms with van der Waals surface area (Å²) in [4.78, 5) is 27.3. The fraction of sp³-hybridized carbons (Fsp3) is 0.259. The number of hydrogen-bond donors (Lipinski definition) is 1. The first-order valence-electron chi connectivity index (χ1n) is 10.9. The van der Waals surface area contributed by atoms with Gasteiger partial charge in [0.25, 0.3) is 5.91 Å². The largest absolute Gasteiger partial charge is 0.504 e. The lowest BCUT2D eigenvalue weighted by Gasteiger charge is -2.26. The number of nitrogens with zero attached hydrogens (tertiary/aromatic N) is 1. The van der Waals surface area contributed by atoms with Crippen LogP contribution in [0.3, 0.4) is 0 Å². The van der Waals surface area contributed by atoms with Gasteiger partial charge in [0.1, 0.15) is 0 Å². The van der Waals surface area contributed by atoms with Crippen molar-refractivity contribution in [3.8, 4) is 11.5 Å². The van der Waals surface area contributed by atoms with Crippen molar-refractivity contribution >= 4 is 11.9 Å². The molecule has 1 amide bonds. The highest BCUT2D eigenvalue weighted by Crippen LogP contribution is 2.26. The number of ether oxygens (including phenoxy) is 2. The zero-order chi connectivity index (χ0) is 23.6. The first kappa shape index (κ1) is 23.9. The molecule has 3 aromatic carbocycles. The summed E-state index contributed by atoms with van der Waals surface area (Å²) in [6.45, 7) is 2.44. The predicted octanol–water partition coefficient (Wildman–Crippen LogP) is 4.49. The Labute approximate surface area is 194 Å². The lowest BCUT2D eigenvalue weighted by Crippen LogP contribution is -2.39. The number of phenols is 1. The number of hydrogen-bond acceptors (Lipinski definition) is 5. The molecule has 0 saturated carbocycles. The summed E-state index contributed by atoms with van der Waals surface area (Å²) in [6, 6.07) is 24.4. The Hall–Kier alpha value is -3.80. The zero-order valence-corrected chi connectivity index (χ0v) is 18.9. The first-order chi connectivity index (χ1) is 16.0. The normalized spacial score (nSPS) is 11.5. The highest BCUT2D eigenvalue weighted by molar-refractivity contribution is 5.83. The van der Waals surface area contributed by atoms with E-state index in [0.717, 1.165) is 16.7 Å². The fourth-order valence-corrected chi connectivity index (χ4v) is 3.52. The predicted molar refractivity (Wildman–Crippen MR) is 126 cm³/mol. The number of aromatic hydroxyl groups is 1. The molecule has 0 saturated heterocycles. The lowest BCUT2D eigenvalue weighted by molar-refractivity contribution is -0.159. The van der Waals surface area contributed by atoms with Gasteiger partial charge in [0, 0.05) is 19.5 Å². The monoisotopic (exact) mass is 447 g/mol. The molecule has 0 aliphatic rings. The topological polar surface area (TPSA) is 76.1 Å². The highest BCUT2D eigenvalue weighted by Gasteiger charge is 2.24. The molecular formula is C27H29NO5. The van der Waals surface area contributed by atoms with Crippen molar-refractivity contribution in [1.82, 2.24) is 4.90 Å². The Morgan fingerprint density at radius 2 is 1.45 bits per heavy atom. The Balaban J connectivity index is 1.61. The zero-order valence-electron chi connectivity index (χ0n) is 18.9. The van der Waals surface area contributed by atoms with Crippen molar-refractivity contribution in [3.63, 3.8) is 0 Å². The Kier molecular flexibility index (Phi) is 8.47. The molecule has 3 aromatic rings. The van der Waals surface area contributed by atoms with Crippen molar-refractivity contribution in [2.75, 3.05) is 7.11 Å². The van der Waals surface area contributed by atoms with Crippen molar-refractivity contribution in [2.45, 2.75) is 39.0 Å². The van der Waals surface area contributed by atoms with Crippen LogP contribution in [0.4, 0.5) is 0 Å². The van der Waals surface area contributed by atoms with Gasteiger partial charge in [0.2, 0.25) is 0 Å². The quantitative estimate of drug-likeness (QED) is 0.463. The van der Waals surface area contributed by atoms with Crippen molar-refractivity contribution < 1.29 is 24.2 Å². The summed E-state index contributed by atoms with van der Waals surface area (Å²) in [6.07, 6.45) is -0.426. The van der Waals surface area contributed by atoms with E-state index in [-0.39, 0.29) is 18.1 Å². The SMILES string of the molecule is COc1ccc(CCC(=O)OC(C)C(=O)N(Cc2ccccc2)Cc2ccccc2)cc1O. The van der Waals surface area contributed by atoms with E-state index in [0.29, 0.717) is 25.3 Å². The number of phenolic OH excluding ortho intramolecular Hbond substituents is 1. The number of amides is 1. The van der Waals surface area contributed by atoms with Gasteiger partial charge < -0.3 is 19.5 Å². The molecule has 0 aliphatic heterocycles. The maximum atomic E-state index is 13.2. The molecular weight excluding hydrogens is 418 g/mol. The highest BCUT2D eigenvalue weighted by atomic mass is 16.5. The molecule has 33 heavy (non-hydrogen) atoms. The van der Waals surface area contributed by atoms with Crippen LogP contribution in [0.5, 0.6) is 11.5 Å². The van der Waals surface area contributed by atoms with Crippen LogP contribution in [0, 0.1) is 0 Å². The van der Waals surface area contributed by atoms with Crippen LogP contribution in [0.15, 0.2) is 78.9 Å². The van der Waals surface area contributed by atoms with Crippen LogP contribution in [0.2, 0.25) is 0 Å². The van der Waals surface area contributed by atoms with Crippen molar-refractivity contribution in [2.24, 2.45) is 0 Å². The number of carbonyl (C=O) groups is 2. The third kappa shape index (κ3) is 7.10. The second-order valence-electron chi connectivity index (χ2n) is 7.80. The summed E-state index contributed by atoms with van der Waals surface area (Å²) in [5.74, 6) is -0.328. The number of aryl methyl sites for hydroxylation is 1. The molecule has 0 heterocycles. The molecule has 6 heteroatoms. The van der Waals surface area contributed by atoms with E-state index < -0.39 is 12.1 Å². The van der Waals surface area contributed by atoms with Gasteiger partial charge in [-0.25, -0.2) is 0 Å². The number of esters is 1. The van der Waals surface area contributed by atoms with Gasteiger partial charge in [-0.1, -0.05) is 66.7 Å². The van der Waals surface area contributed by atoms with Crippen molar-refractivity contribution in [1.29, 1.82) is 0 Å². The van der Waals surface area contributed by atoms with Crippen LogP contribution >= 0.6 is 0 Å². The minimum Gasteiger partial charge on any atom is -0.504 e. The average Bonchev–Trinajstić information content (AvgIpc) is 2.83. The standard InChI is InChI=1S/C27H29NO5/c1-20(33-26(30)16-14-21-13-15-25(32-2)24(29)17-21)27(31)28(18-22-9-5-3-6-10-22)19-23-11-7-4-8-12-23/h3-13,15,17,20,29H,14,16,18-19H2,1-2H3. The van der Waals surface area contributed by atoms with Crippen LogP contribution in [-0.2, 0) is 33.8 Å². The minimum atomic E-state index is -0.908. The molecule has 1 atom stereocenters. The smallest absolute Gasteiger partial charge is 0.306 e. The van der Waals surface area contributed by atoms with E-state index in [2.05, 4.69) is 0 Å².